The molecule has 16 heavy (non-hydrogen) atoms. The molecule has 0 heterocycles. The molecule has 0 aromatic rings. The summed E-state index contributed by atoms with van der Waals surface area (Å²) in [5.74, 6) is -0.173. The molecule has 0 aromatic carbocycles. The maximum atomic E-state index is 11.5. The zero-order chi connectivity index (χ0) is 12.6. The van der Waals surface area contributed by atoms with Crippen LogP contribution in [0.4, 0.5) is 0 Å². The van der Waals surface area contributed by atoms with E-state index >= 15 is 0 Å². The summed E-state index contributed by atoms with van der Waals surface area (Å²) in [6.07, 6.45) is 4.63. The predicted octanol–water partition coefficient (Wildman–Crippen LogP) is 2.54. The molecule has 1 amide bonds. The molecule has 0 fully saturated rings. The van der Waals surface area contributed by atoms with Crippen LogP contribution in [-0.4, -0.2) is 18.2 Å². The maximum absolute atomic E-state index is 11.5. The monoisotopic (exact) mass is 227 g/mol. The third-order valence-electron chi connectivity index (χ3n) is 3.11. The number of Topliss-reactive ketones (excluding diaryl/α,β-unsaturated/α-hetero) is 1. The smallest absolute Gasteiger partial charge is 0.230 e. The number of unbranched alkanes of at least 4 members (excludes halogenated alkanes) is 1. The topological polar surface area (TPSA) is 46.2 Å². The quantitative estimate of drug-likeness (QED) is 0.648. The third kappa shape index (κ3) is 5.89. The van der Waals surface area contributed by atoms with Gasteiger partial charge in [0.1, 0.15) is 5.78 Å². The molecule has 94 valence electrons. The van der Waals surface area contributed by atoms with Crippen LogP contribution in [0.5, 0.6) is 0 Å². The summed E-state index contributed by atoms with van der Waals surface area (Å²) in [5, 5.41) is 2.86. The molecule has 0 rings (SSSR count). The van der Waals surface area contributed by atoms with Crippen LogP contribution in [0.15, 0.2) is 0 Å². The molecular weight excluding hydrogens is 202 g/mol. The van der Waals surface area contributed by atoms with Gasteiger partial charge < -0.3 is 5.32 Å². The molecule has 3 nitrogen and oxygen atoms in total. The average Bonchev–Trinajstić information content (AvgIpc) is 2.27. The minimum Gasteiger partial charge on any atom is -0.355 e. The third-order valence-corrected chi connectivity index (χ3v) is 3.11. The van der Waals surface area contributed by atoms with Gasteiger partial charge in [-0.2, -0.15) is 0 Å². The van der Waals surface area contributed by atoms with E-state index in [1.165, 1.54) is 19.8 Å². The fourth-order valence-electron chi connectivity index (χ4n) is 1.53. The summed E-state index contributed by atoms with van der Waals surface area (Å²) in [4.78, 5) is 22.6. The van der Waals surface area contributed by atoms with Crippen molar-refractivity contribution in [3.8, 4) is 0 Å². The van der Waals surface area contributed by atoms with Crippen molar-refractivity contribution in [3.63, 3.8) is 0 Å². The summed E-state index contributed by atoms with van der Waals surface area (Å²) in [6.45, 7) is 8.13. The van der Waals surface area contributed by atoms with E-state index in [1.54, 1.807) is 6.92 Å². The van der Waals surface area contributed by atoms with E-state index in [4.69, 9.17) is 0 Å². The SMILES string of the molecule is CCCCC(CC)CNC(=O)C(C)C(C)=O. The van der Waals surface area contributed by atoms with Crippen LogP contribution in [-0.2, 0) is 9.59 Å². The lowest BCUT2D eigenvalue weighted by atomic mass is 9.99. The van der Waals surface area contributed by atoms with Crippen molar-refractivity contribution in [1.82, 2.24) is 5.32 Å². The van der Waals surface area contributed by atoms with Crippen LogP contribution < -0.4 is 5.32 Å². The number of amides is 1. The van der Waals surface area contributed by atoms with Crippen molar-refractivity contribution in [1.29, 1.82) is 0 Å². The zero-order valence-electron chi connectivity index (χ0n) is 11.0. The summed E-state index contributed by atoms with van der Waals surface area (Å²) in [6, 6.07) is 0. The minimum atomic E-state index is -0.510. The Bertz CT molecular complexity index is 226. The van der Waals surface area contributed by atoms with Gasteiger partial charge >= 0.3 is 0 Å². The number of hydrogen-bond donors (Lipinski definition) is 1. The summed E-state index contributed by atoms with van der Waals surface area (Å²) in [5.41, 5.74) is 0. The highest BCUT2D eigenvalue weighted by Gasteiger charge is 2.17. The molecule has 0 aliphatic heterocycles. The van der Waals surface area contributed by atoms with Gasteiger partial charge in [0.05, 0.1) is 5.92 Å². The van der Waals surface area contributed by atoms with E-state index in [0.717, 1.165) is 12.8 Å². The molecule has 2 unspecified atom stereocenters. The first-order chi connectivity index (χ1) is 7.52. The Balaban J connectivity index is 3.92. The number of carbonyl (C=O) groups excluding carboxylic acids is 2. The van der Waals surface area contributed by atoms with Crippen LogP contribution in [0.1, 0.15) is 53.4 Å². The van der Waals surface area contributed by atoms with E-state index in [-0.39, 0.29) is 11.7 Å². The highest BCUT2D eigenvalue weighted by Crippen LogP contribution is 2.11. The van der Waals surface area contributed by atoms with E-state index in [2.05, 4.69) is 19.2 Å². The standard InChI is InChI=1S/C13H25NO2/c1-5-7-8-12(6-2)9-14-13(16)10(3)11(4)15/h10,12H,5-9H2,1-4H3,(H,14,16). The number of ketones is 1. The van der Waals surface area contributed by atoms with Crippen molar-refractivity contribution in [2.45, 2.75) is 53.4 Å². The fraction of sp³-hybridized carbons (Fsp3) is 0.846. The van der Waals surface area contributed by atoms with Crippen molar-refractivity contribution in [2.24, 2.45) is 11.8 Å². The van der Waals surface area contributed by atoms with Gasteiger partial charge in [-0.15, -0.1) is 0 Å². The van der Waals surface area contributed by atoms with Crippen LogP contribution in [0.3, 0.4) is 0 Å². The van der Waals surface area contributed by atoms with Gasteiger partial charge in [0, 0.05) is 6.54 Å². The molecule has 0 saturated carbocycles. The largest absolute Gasteiger partial charge is 0.355 e. The van der Waals surface area contributed by atoms with Gasteiger partial charge in [0.2, 0.25) is 5.91 Å². The predicted molar refractivity (Wildman–Crippen MR) is 66.2 cm³/mol. The Kier molecular flexibility index (Phi) is 7.86. The summed E-state index contributed by atoms with van der Waals surface area (Å²) >= 11 is 0. The fourth-order valence-corrected chi connectivity index (χ4v) is 1.53. The molecule has 0 radical (unpaired) electrons. The van der Waals surface area contributed by atoms with Crippen molar-refractivity contribution in [3.05, 3.63) is 0 Å². The summed E-state index contributed by atoms with van der Waals surface area (Å²) in [7, 11) is 0. The van der Waals surface area contributed by atoms with Gasteiger partial charge in [-0.05, 0) is 26.2 Å². The molecule has 0 saturated heterocycles. The van der Waals surface area contributed by atoms with Gasteiger partial charge in [-0.25, -0.2) is 0 Å². The minimum absolute atomic E-state index is 0.0703. The lowest BCUT2D eigenvalue weighted by molar-refractivity contribution is -0.132. The molecule has 0 aromatic heterocycles. The Labute approximate surface area is 99.0 Å². The van der Waals surface area contributed by atoms with E-state index < -0.39 is 5.92 Å². The second kappa shape index (κ2) is 8.31. The second-order valence-corrected chi connectivity index (χ2v) is 4.49. The second-order valence-electron chi connectivity index (χ2n) is 4.49. The normalized spacial score (nSPS) is 14.2. The first-order valence-corrected chi connectivity index (χ1v) is 6.31. The van der Waals surface area contributed by atoms with E-state index in [0.29, 0.717) is 12.5 Å². The van der Waals surface area contributed by atoms with Crippen LogP contribution in [0.2, 0.25) is 0 Å². The van der Waals surface area contributed by atoms with Gasteiger partial charge in [0.25, 0.3) is 0 Å². The zero-order valence-corrected chi connectivity index (χ0v) is 11.0. The number of hydrogen-bond acceptors (Lipinski definition) is 2. The first-order valence-electron chi connectivity index (χ1n) is 6.31. The Morgan fingerprint density at radius 1 is 1.25 bits per heavy atom. The molecule has 2 atom stereocenters. The van der Waals surface area contributed by atoms with Crippen LogP contribution in [0.25, 0.3) is 0 Å². The molecule has 0 aliphatic carbocycles. The average molecular weight is 227 g/mol. The maximum Gasteiger partial charge on any atom is 0.230 e. The molecule has 3 heteroatoms. The van der Waals surface area contributed by atoms with Crippen molar-refractivity contribution >= 4 is 11.7 Å². The van der Waals surface area contributed by atoms with E-state index in [9.17, 15) is 9.59 Å². The van der Waals surface area contributed by atoms with Gasteiger partial charge in [-0.1, -0.05) is 33.1 Å². The van der Waals surface area contributed by atoms with Gasteiger partial charge in [0.15, 0.2) is 0 Å². The number of rotatable bonds is 8. The highest BCUT2D eigenvalue weighted by atomic mass is 16.2. The van der Waals surface area contributed by atoms with Gasteiger partial charge in [-0.3, -0.25) is 9.59 Å². The Morgan fingerprint density at radius 3 is 2.31 bits per heavy atom. The number of carbonyl (C=O) groups is 2. The Morgan fingerprint density at radius 2 is 1.88 bits per heavy atom. The molecule has 0 aliphatic rings. The lowest BCUT2D eigenvalue weighted by Crippen LogP contribution is -2.35. The molecular formula is C13H25NO2. The van der Waals surface area contributed by atoms with E-state index in [1.807, 2.05) is 0 Å². The summed E-state index contributed by atoms with van der Waals surface area (Å²) < 4.78 is 0. The molecule has 1 N–H and O–H groups in total. The van der Waals surface area contributed by atoms with Crippen molar-refractivity contribution in [2.75, 3.05) is 6.54 Å². The number of nitrogens with one attached hydrogen (secondary N) is 1. The Hall–Kier alpha value is -0.860. The molecule has 0 bridgehead atoms. The van der Waals surface area contributed by atoms with Crippen LogP contribution in [0, 0.1) is 11.8 Å². The van der Waals surface area contributed by atoms with Crippen molar-refractivity contribution < 1.29 is 9.59 Å². The molecule has 0 spiro atoms. The lowest BCUT2D eigenvalue weighted by Gasteiger charge is -2.16. The first kappa shape index (κ1) is 15.1. The highest BCUT2D eigenvalue weighted by molar-refractivity contribution is 5.99. The van der Waals surface area contributed by atoms with Crippen LogP contribution >= 0.6 is 0 Å².